The molecule has 3 heterocycles. The maximum absolute atomic E-state index is 12.6. The van der Waals surface area contributed by atoms with Crippen molar-refractivity contribution in [2.45, 2.75) is 45.7 Å². The van der Waals surface area contributed by atoms with E-state index in [0.29, 0.717) is 24.6 Å². The number of imidazole rings is 1. The standard InChI is InChI=1S/C18H23N5O2/c1-2-8-20-18(25)16-22-15(14-7-3-4-10-23(14)16)17(24)21-12-13-6-5-9-19-11-13/h5-6,9,11H,2-4,7-8,10,12H2,1H3,(H,20,25)(H,21,24). The lowest BCUT2D eigenvalue weighted by atomic mass is 10.1. The Morgan fingerprint density at radius 3 is 2.88 bits per heavy atom. The maximum atomic E-state index is 12.6. The molecule has 3 rings (SSSR count). The number of hydrogen-bond acceptors (Lipinski definition) is 4. The zero-order valence-electron chi connectivity index (χ0n) is 14.4. The van der Waals surface area contributed by atoms with Gasteiger partial charge in [0.2, 0.25) is 0 Å². The highest BCUT2D eigenvalue weighted by Gasteiger charge is 2.27. The first kappa shape index (κ1) is 17.1. The van der Waals surface area contributed by atoms with Crippen molar-refractivity contribution >= 4 is 11.8 Å². The average molecular weight is 341 g/mol. The molecule has 0 unspecified atom stereocenters. The first-order chi connectivity index (χ1) is 12.2. The fraction of sp³-hybridized carbons (Fsp3) is 0.444. The molecule has 2 N–H and O–H groups in total. The maximum Gasteiger partial charge on any atom is 0.287 e. The Morgan fingerprint density at radius 1 is 1.24 bits per heavy atom. The second kappa shape index (κ2) is 7.92. The average Bonchev–Trinajstić information content (AvgIpc) is 3.05. The Balaban J connectivity index is 1.79. The zero-order valence-corrected chi connectivity index (χ0v) is 14.4. The summed E-state index contributed by atoms with van der Waals surface area (Å²) in [6, 6.07) is 3.73. The molecule has 2 aromatic heterocycles. The van der Waals surface area contributed by atoms with Crippen molar-refractivity contribution in [3.8, 4) is 0 Å². The second-order valence-electron chi connectivity index (χ2n) is 6.14. The normalized spacial score (nSPS) is 13.2. The van der Waals surface area contributed by atoms with E-state index in [0.717, 1.165) is 43.5 Å². The highest BCUT2D eigenvalue weighted by atomic mass is 16.2. The minimum absolute atomic E-state index is 0.212. The predicted molar refractivity (Wildman–Crippen MR) is 93.2 cm³/mol. The van der Waals surface area contributed by atoms with Crippen molar-refractivity contribution in [2.24, 2.45) is 0 Å². The number of carbonyl (C=O) groups is 2. The summed E-state index contributed by atoms with van der Waals surface area (Å²) in [6.07, 6.45) is 7.03. The van der Waals surface area contributed by atoms with Crippen LogP contribution in [0.3, 0.4) is 0 Å². The lowest BCUT2D eigenvalue weighted by Gasteiger charge is -2.17. The van der Waals surface area contributed by atoms with Crippen LogP contribution in [-0.2, 0) is 19.5 Å². The van der Waals surface area contributed by atoms with Crippen molar-refractivity contribution in [1.82, 2.24) is 25.2 Å². The molecular formula is C18H23N5O2. The van der Waals surface area contributed by atoms with E-state index in [4.69, 9.17) is 0 Å². The molecule has 7 heteroatoms. The van der Waals surface area contributed by atoms with E-state index >= 15 is 0 Å². The third-order valence-electron chi connectivity index (χ3n) is 4.25. The van der Waals surface area contributed by atoms with Gasteiger partial charge in [-0.3, -0.25) is 14.6 Å². The summed E-state index contributed by atoms with van der Waals surface area (Å²) in [5.41, 5.74) is 2.15. The number of pyridine rings is 1. The Kier molecular flexibility index (Phi) is 5.42. The molecule has 7 nitrogen and oxygen atoms in total. The molecule has 1 aliphatic rings. The van der Waals surface area contributed by atoms with Crippen LogP contribution in [0, 0.1) is 0 Å². The highest BCUT2D eigenvalue weighted by Crippen LogP contribution is 2.21. The van der Waals surface area contributed by atoms with Crippen LogP contribution in [0.1, 0.15) is 58.6 Å². The van der Waals surface area contributed by atoms with Gasteiger partial charge >= 0.3 is 0 Å². The van der Waals surface area contributed by atoms with Gasteiger partial charge < -0.3 is 15.2 Å². The van der Waals surface area contributed by atoms with Gasteiger partial charge in [-0.2, -0.15) is 0 Å². The fourth-order valence-electron chi connectivity index (χ4n) is 2.98. The van der Waals surface area contributed by atoms with Crippen LogP contribution in [0.2, 0.25) is 0 Å². The van der Waals surface area contributed by atoms with Crippen molar-refractivity contribution < 1.29 is 9.59 Å². The van der Waals surface area contributed by atoms with Crippen molar-refractivity contribution in [3.05, 3.63) is 47.3 Å². The third-order valence-corrected chi connectivity index (χ3v) is 4.25. The number of nitrogens with one attached hydrogen (secondary N) is 2. The lowest BCUT2D eigenvalue weighted by molar-refractivity contribution is 0.0937. The Bertz CT molecular complexity index is 754. The van der Waals surface area contributed by atoms with Gasteiger partial charge in [-0.05, 0) is 37.3 Å². The van der Waals surface area contributed by atoms with E-state index < -0.39 is 0 Å². The summed E-state index contributed by atoms with van der Waals surface area (Å²) in [6.45, 7) is 3.71. The molecule has 0 aromatic carbocycles. The first-order valence-electron chi connectivity index (χ1n) is 8.75. The van der Waals surface area contributed by atoms with E-state index in [1.165, 1.54) is 0 Å². The summed E-state index contributed by atoms with van der Waals surface area (Å²) in [5, 5.41) is 5.72. The molecule has 2 amide bonds. The van der Waals surface area contributed by atoms with Gasteiger partial charge in [0.15, 0.2) is 5.82 Å². The number of rotatable bonds is 6. The number of carbonyl (C=O) groups excluding carboxylic acids is 2. The summed E-state index contributed by atoms with van der Waals surface area (Å²) < 4.78 is 1.90. The SMILES string of the molecule is CCCNC(=O)c1nc(C(=O)NCc2cccnc2)c2n1CCCC2. The molecule has 1 aliphatic heterocycles. The first-order valence-corrected chi connectivity index (χ1v) is 8.75. The lowest BCUT2D eigenvalue weighted by Crippen LogP contribution is -2.28. The van der Waals surface area contributed by atoms with Crippen LogP contribution < -0.4 is 10.6 Å². The summed E-state index contributed by atoms with van der Waals surface area (Å²) >= 11 is 0. The minimum Gasteiger partial charge on any atom is -0.349 e. The van der Waals surface area contributed by atoms with Gasteiger partial charge in [0.25, 0.3) is 11.8 Å². The Morgan fingerprint density at radius 2 is 2.12 bits per heavy atom. The van der Waals surface area contributed by atoms with Gasteiger partial charge in [-0.25, -0.2) is 4.98 Å². The number of hydrogen-bond donors (Lipinski definition) is 2. The number of fused-ring (bicyclic) bond motifs is 1. The van der Waals surface area contributed by atoms with E-state index in [1.807, 2.05) is 23.6 Å². The van der Waals surface area contributed by atoms with Gasteiger partial charge in [0.1, 0.15) is 5.69 Å². The topological polar surface area (TPSA) is 88.9 Å². The molecule has 0 saturated carbocycles. The molecule has 25 heavy (non-hydrogen) atoms. The van der Waals surface area contributed by atoms with E-state index in [1.54, 1.807) is 12.4 Å². The minimum atomic E-state index is -0.246. The molecule has 0 radical (unpaired) electrons. The number of aromatic nitrogens is 3. The van der Waals surface area contributed by atoms with E-state index in [2.05, 4.69) is 20.6 Å². The summed E-state index contributed by atoms with van der Waals surface area (Å²) in [7, 11) is 0. The Labute approximate surface area is 146 Å². The largest absolute Gasteiger partial charge is 0.349 e. The third kappa shape index (κ3) is 3.87. The molecule has 0 atom stereocenters. The van der Waals surface area contributed by atoms with E-state index in [9.17, 15) is 9.59 Å². The van der Waals surface area contributed by atoms with Crippen LogP contribution in [0.15, 0.2) is 24.5 Å². The molecule has 0 bridgehead atoms. The molecule has 0 fully saturated rings. The zero-order chi connectivity index (χ0) is 17.6. The highest BCUT2D eigenvalue weighted by molar-refractivity contribution is 5.97. The molecule has 132 valence electrons. The Hall–Kier alpha value is -2.70. The molecule has 0 spiro atoms. The van der Waals surface area contributed by atoms with Gasteiger partial charge in [0, 0.05) is 32.0 Å². The van der Waals surface area contributed by atoms with Crippen LogP contribution in [0.25, 0.3) is 0 Å². The summed E-state index contributed by atoms with van der Waals surface area (Å²) in [4.78, 5) is 33.4. The van der Waals surface area contributed by atoms with E-state index in [-0.39, 0.29) is 11.8 Å². The second-order valence-corrected chi connectivity index (χ2v) is 6.14. The monoisotopic (exact) mass is 341 g/mol. The molecule has 0 aliphatic carbocycles. The van der Waals surface area contributed by atoms with Crippen LogP contribution in [-0.4, -0.2) is 32.9 Å². The van der Waals surface area contributed by atoms with Crippen LogP contribution in [0.5, 0.6) is 0 Å². The smallest absolute Gasteiger partial charge is 0.287 e. The predicted octanol–water partition coefficient (Wildman–Crippen LogP) is 1.68. The van der Waals surface area contributed by atoms with Crippen molar-refractivity contribution in [2.75, 3.05) is 6.54 Å². The number of amides is 2. The van der Waals surface area contributed by atoms with Crippen molar-refractivity contribution in [3.63, 3.8) is 0 Å². The van der Waals surface area contributed by atoms with Gasteiger partial charge in [0.05, 0.1) is 5.69 Å². The summed E-state index contributed by atoms with van der Waals surface area (Å²) in [5.74, 6) is -0.116. The fourth-order valence-corrected chi connectivity index (χ4v) is 2.98. The molecule has 0 saturated heterocycles. The van der Waals surface area contributed by atoms with Crippen molar-refractivity contribution in [1.29, 1.82) is 0 Å². The number of nitrogens with zero attached hydrogens (tertiary/aromatic N) is 3. The molecule has 2 aromatic rings. The van der Waals surface area contributed by atoms with Crippen LogP contribution >= 0.6 is 0 Å². The molecular weight excluding hydrogens is 318 g/mol. The van der Waals surface area contributed by atoms with Crippen LogP contribution in [0.4, 0.5) is 0 Å². The van der Waals surface area contributed by atoms with Gasteiger partial charge in [-0.15, -0.1) is 0 Å². The quantitative estimate of drug-likeness (QED) is 0.837. The van der Waals surface area contributed by atoms with Gasteiger partial charge in [-0.1, -0.05) is 13.0 Å².